The molecule has 1 aliphatic rings. The highest BCUT2D eigenvalue weighted by Crippen LogP contribution is 2.35. The summed E-state index contributed by atoms with van der Waals surface area (Å²) in [6.07, 6.45) is 4.36. The Morgan fingerprint density at radius 3 is 2.78 bits per heavy atom. The van der Waals surface area contributed by atoms with E-state index in [0.29, 0.717) is 25.0 Å². The maximum absolute atomic E-state index is 12.2. The lowest BCUT2D eigenvalue weighted by Gasteiger charge is -2.14. The average Bonchev–Trinajstić information content (AvgIpc) is 3.05. The summed E-state index contributed by atoms with van der Waals surface area (Å²) < 4.78 is 7.45. The number of nitrogens with zero attached hydrogens (tertiary/aromatic N) is 2. The van der Waals surface area contributed by atoms with Crippen molar-refractivity contribution in [2.24, 2.45) is 5.92 Å². The third kappa shape index (κ3) is 3.19. The van der Waals surface area contributed by atoms with Gasteiger partial charge in [0, 0.05) is 18.8 Å². The van der Waals surface area contributed by atoms with Crippen LogP contribution in [-0.2, 0) is 16.0 Å². The van der Waals surface area contributed by atoms with Crippen molar-refractivity contribution in [1.29, 1.82) is 0 Å². The van der Waals surface area contributed by atoms with Crippen LogP contribution in [0.1, 0.15) is 45.3 Å². The Morgan fingerprint density at radius 1 is 1.56 bits per heavy atom. The summed E-state index contributed by atoms with van der Waals surface area (Å²) in [6, 6.07) is 2.26. The fourth-order valence-corrected chi connectivity index (χ4v) is 2.11. The van der Waals surface area contributed by atoms with E-state index in [1.807, 2.05) is 23.9 Å². The first-order chi connectivity index (χ1) is 8.61. The van der Waals surface area contributed by atoms with Gasteiger partial charge in [-0.3, -0.25) is 9.48 Å². The van der Waals surface area contributed by atoms with Gasteiger partial charge in [-0.15, -0.1) is 0 Å². The summed E-state index contributed by atoms with van der Waals surface area (Å²) in [7, 11) is 0. The molecule has 0 N–H and O–H groups in total. The Morgan fingerprint density at radius 2 is 2.28 bits per heavy atom. The van der Waals surface area contributed by atoms with Crippen molar-refractivity contribution in [2.75, 3.05) is 6.61 Å². The lowest BCUT2D eigenvalue weighted by molar-refractivity contribution is -0.131. The maximum atomic E-state index is 12.2. The summed E-state index contributed by atoms with van der Waals surface area (Å²) in [5.41, 5.74) is 0.846. The van der Waals surface area contributed by atoms with Crippen molar-refractivity contribution >= 4 is 5.78 Å². The fourth-order valence-electron chi connectivity index (χ4n) is 2.11. The van der Waals surface area contributed by atoms with Crippen LogP contribution in [0.4, 0.5) is 0 Å². The summed E-state index contributed by atoms with van der Waals surface area (Å²) in [5, 5.41) is 4.41. The summed E-state index contributed by atoms with van der Waals surface area (Å²) in [5.74, 6) is 0.623. The van der Waals surface area contributed by atoms with Crippen molar-refractivity contribution in [2.45, 2.75) is 52.2 Å². The zero-order valence-electron chi connectivity index (χ0n) is 11.4. The van der Waals surface area contributed by atoms with Crippen LogP contribution in [0.5, 0.6) is 0 Å². The Hall–Kier alpha value is -1.16. The van der Waals surface area contributed by atoms with Gasteiger partial charge in [0.05, 0.1) is 12.1 Å². The van der Waals surface area contributed by atoms with E-state index in [1.54, 1.807) is 0 Å². The van der Waals surface area contributed by atoms with E-state index in [4.69, 9.17) is 4.74 Å². The Bertz CT molecular complexity index is 408. The van der Waals surface area contributed by atoms with E-state index in [0.717, 1.165) is 18.5 Å². The van der Waals surface area contributed by atoms with Crippen LogP contribution >= 0.6 is 0 Å². The van der Waals surface area contributed by atoms with Crippen molar-refractivity contribution in [3.05, 3.63) is 18.0 Å². The van der Waals surface area contributed by atoms with Gasteiger partial charge in [-0.25, -0.2) is 0 Å². The fraction of sp³-hybridized carbons (Fsp3) is 0.714. The minimum Gasteiger partial charge on any atom is -0.370 e. The second-order valence-corrected chi connectivity index (χ2v) is 5.24. The predicted molar refractivity (Wildman–Crippen MR) is 69.5 cm³/mol. The van der Waals surface area contributed by atoms with E-state index >= 15 is 0 Å². The molecule has 2 rings (SSSR count). The van der Waals surface area contributed by atoms with E-state index in [2.05, 4.69) is 18.9 Å². The monoisotopic (exact) mass is 250 g/mol. The molecule has 1 atom stereocenters. The van der Waals surface area contributed by atoms with Gasteiger partial charge in [0.2, 0.25) is 0 Å². The maximum Gasteiger partial charge on any atom is 0.167 e. The molecule has 1 fully saturated rings. The third-order valence-corrected chi connectivity index (χ3v) is 3.26. The molecule has 4 heteroatoms. The number of carbonyl (C=O) groups is 1. The van der Waals surface area contributed by atoms with E-state index in [1.165, 1.54) is 0 Å². The minimum absolute atomic E-state index is 0.174. The molecule has 1 unspecified atom stereocenters. The Balaban J connectivity index is 1.96. The van der Waals surface area contributed by atoms with E-state index in [-0.39, 0.29) is 11.9 Å². The second kappa shape index (κ2) is 5.65. The molecular weight excluding hydrogens is 228 g/mol. The molecule has 0 aromatic carbocycles. The number of rotatable bonds is 7. The average molecular weight is 250 g/mol. The first kappa shape index (κ1) is 13.3. The highest BCUT2D eigenvalue weighted by molar-refractivity contribution is 5.85. The molecule has 0 aliphatic heterocycles. The largest absolute Gasteiger partial charge is 0.370 e. The number of hydrogen-bond acceptors (Lipinski definition) is 3. The van der Waals surface area contributed by atoms with Crippen LogP contribution < -0.4 is 0 Å². The SMILES string of the molecule is CCOC(C(=O)Cc1ccn(C(C)C)n1)C1CC1. The van der Waals surface area contributed by atoms with Crippen LogP contribution in [0.2, 0.25) is 0 Å². The smallest absolute Gasteiger partial charge is 0.167 e. The predicted octanol–water partition coefficient (Wildman–Crippen LogP) is 2.39. The molecule has 1 aromatic heterocycles. The number of aromatic nitrogens is 2. The van der Waals surface area contributed by atoms with Crippen LogP contribution in [0.15, 0.2) is 12.3 Å². The number of ketones is 1. The van der Waals surface area contributed by atoms with Crippen LogP contribution in [0.25, 0.3) is 0 Å². The molecule has 4 nitrogen and oxygen atoms in total. The van der Waals surface area contributed by atoms with Gasteiger partial charge in [-0.05, 0) is 45.6 Å². The number of carbonyl (C=O) groups excluding carboxylic acids is 1. The molecule has 1 aliphatic carbocycles. The molecule has 0 spiro atoms. The van der Waals surface area contributed by atoms with E-state index < -0.39 is 0 Å². The van der Waals surface area contributed by atoms with Gasteiger partial charge in [0.25, 0.3) is 0 Å². The number of ether oxygens (including phenoxy) is 1. The molecule has 100 valence electrons. The Kier molecular flexibility index (Phi) is 4.17. The van der Waals surface area contributed by atoms with Gasteiger partial charge in [-0.2, -0.15) is 5.10 Å². The molecule has 0 bridgehead atoms. The second-order valence-electron chi connectivity index (χ2n) is 5.24. The first-order valence-electron chi connectivity index (χ1n) is 6.80. The van der Waals surface area contributed by atoms with Gasteiger partial charge in [-0.1, -0.05) is 0 Å². The normalized spacial score (nSPS) is 17.1. The molecule has 0 saturated heterocycles. The highest BCUT2D eigenvalue weighted by Gasteiger charge is 2.36. The molecule has 18 heavy (non-hydrogen) atoms. The lowest BCUT2D eigenvalue weighted by Crippen LogP contribution is -2.28. The van der Waals surface area contributed by atoms with Crippen LogP contribution in [0, 0.1) is 5.92 Å². The molecule has 1 aromatic rings. The lowest BCUT2D eigenvalue weighted by atomic mass is 10.1. The topological polar surface area (TPSA) is 44.1 Å². The highest BCUT2D eigenvalue weighted by atomic mass is 16.5. The molecular formula is C14H22N2O2. The zero-order chi connectivity index (χ0) is 13.1. The minimum atomic E-state index is -0.209. The van der Waals surface area contributed by atoms with Crippen LogP contribution in [0.3, 0.4) is 0 Å². The van der Waals surface area contributed by atoms with E-state index in [9.17, 15) is 4.79 Å². The number of hydrogen-bond donors (Lipinski definition) is 0. The molecule has 0 amide bonds. The summed E-state index contributed by atoms with van der Waals surface area (Å²) in [6.45, 7) is 6.70. The van der Waals surface area contributed by atoms with Gasteiger partial charge < -0.3 is 4.74 Å². The molecule has 1 saturated carbocycles. The Labute approximate surface area is 108 Å². The summed E-state index contributed by atoms with van der Waals surface area (Å²) in [4.78, 5) is 12.2. The van der Waals surface area contributed by atoms with Gasteiger partial charge in [0.15, 0.2) is 5.78 Å². The van der Waals surface area contributed by atoms with Crippen molar-refractivity contribution in [1.82, 2.24) is 9.78 Å². The third-order valence-electron chi connectivity index (χ3n) is 3.26. The zero-order valence-corrected chi connectivity index (χ0v) is 11.4. The van der Waals surface area contributed by atoms with Crippen molar-refractivity contribution in [3.8, 4) is 0 Å². The van der Waals surface area contributed by atoms with Gasteiger partial charge in [0.1, 0.15) is 6.10 Å². The number of Topliss-reactive ketones (excluding diaryl/α,β-unsaturated/α-hetero) is 1. The molecule has 0 radical (unpaired) electrons. The van der Waals surface area contributed by atoms with Gasteiger partial charge >= 0.3 is 0 Å². The van der Waals surface area contributed by atoms with Crippen molar-refractivity contribution in [3.63, 3.8) is 0 Å². The standard InChI is InChI=1S/C14H22N2O2/c1-4-18-14(11-5-6-11)13(17)9-12-7-8-16(15-12)10(2)3/h7-8,10-11,14H,4-6,9H2,1-3H3. The quantitative estimate of drug-likeness (QED) is 0.746. The first-order valence-corrected chi connectivity index (χ1v) is 6.80. The molecule has 1 heterocycles. The summed E-state index contributed by atoms with van der Waals surface area (Å²) >= 11 is 0. The van der Waals surface area contributed by atoms with Crippen molar-refractivity contribution < 1.29 is 9.53 Å². The van der Waals surface area contributed by atoms with Crippen LogP contribution in [-0.4, -0.2) is 28.3 Å².